The third-order valence-electron chi connectivity index (χ3n) is 3.90. The van der Waals surface area contributed by atoms with Crippen LogP contribution < -0.4 is 10.2 Å². The van der Waals surface area contributed by atoms with Crippen molar-refractivity contribution >= 4 is 34.3 Å². The quantitative estimate of drug-likeness (QED) is 0.829. The lowest BCUT2D eigenvalue weighted by molar-refractivity contribution is -0.116. The second-order valence-electron chi connectivity index (χ2n) is 5.83. The minimum atomic E-state index is -0.0568. The number of rotatable bonds is 7. The van der Waals surface area contributed by atoms with Gasteiger partial charge in [-0.2, -0.15) is 0 Å². The summed E-state index contributed by atoms with van der Waals surface area (Å²) in [5, 5.41) is 2.97. The molecule has 1 N–H and O–H groups in total. The number of thioether (sulfide) groups is 1. The lowest BCUT2D eigenvalue weighted by Crippen LogP contribution is -2.30. The molecule has 2 amide bonds. The summed E-state index contributed by atoms with van der Waals surface area (Å²) >= 11 is 1.32. The lowest BCUT2D eigenvalue weighted by Gasteiger charge is -2.27. The molecule has 1 heterocycles. The van der Waals surface area contributed by atoms with Gasteiger partial charge in [0.15, 0.2) is 0 Å². The van der Waals surface area contributed by atoms with Crippen molar-refractivity contribution in [2.24, 2.45) is 0 Å². The van der Waals surface area contributed by atoms with E-state index in [1.54, 1.807) is 4.90 Å². The van der Waals surface area contributed by atoms with Gasteiger partial charge in [0.05, 0.1) is 0 Å². The molecule has 2 rings (SSSR count). The van der Waals surface area contributed by atoms with E-state index in [2.05, 4.69) is 31.0 Å². The van der Waals surface area contributed by atoms with Crippen molar-refractivity contribution in [1.82, 2.24) is 4.90 Å². The first-order chi connectivity index (χ1) is 11.0. The van der Waals surface area contributed by atoms with Gasteiger partial charge in [0, 0.05) is 49.2 Å². The molecular weight excluding hydrogens is 310 g/mol. The lowest BCUT2D eigenvalue weighted by atomic mass is 10.2. The molecule has 0 spiro atoms. The molecule has 0 unspecified atom stereocenters. The van der Waals surface area contributed by atoms with Gasteiger partial charge >= 0.3 is 0 Å². The highest BCUT2D eigenvalue weighted by Crippen LogP contribution is 2.20. The fraction of sp³-hybridized carbons (Fsp3) is 0.529. The van der Waals surface area contributed by atoms with Crippen molar-refractivity contribution in [3.63, 3.8) is 0 Å². The van der Waals surface area contributed by atoms with Crippen molar-refractivity contribution in [2.45, 2.75) is 33.2 Å². The van der Waals surface area contributed by atoms with Crippen molar-refractivity contribution in [2.75, 3.05) is 35.6 Å². The number of carbonyl (C=O) groups is 2. The van der Waals surface area contributed by atoms with E-state index >= 15 is 0 Å². The molecule has 1 aliphatic heterocycles. The summed E-state index contributed by atoms with van der Waals surface area (Å²) < 4.78 is 0. The van der Waals surface area contributed by atoms with Gasteiger partial charge in [-0.1, -0.05) is 11.8 Å². The number of benzene rings is 1. The summed E-state index contributed by atoms with van der Waals surface area (Å²) in [5.74, 6) is 0.768. The van der Waals surface area contributed by atoms with Crippen LogP contribution >= 0.6 is 11.8 Å². The Labute approximate surface area is 142 Å². The van der Waals surface area contributed by atoms with Crippen LogP contribution in [0.15, 0.2) is 24.3 Å². The maximum Gasteiger partial charge on any atom is 0.281 e. The molecule has 23 heavy (non-hydrogen) atoms. The van der Waals surface area contributed by atoms with Gasteiger partial charge in [-0.05, 0) is 45.0 Å². The highest BCUT2D eigenvalue weighted by atomic mass is 32.2. The standard InChI is InChI=1S/C17H25N3O2S/c1-4-20(13(2)3)15-7-5-14(6-8-15)18-16(21)9-10-19-11-12-23-17(19)22/h5-8,13H,4,9-12H2,1-3H3,(H,18,21). The zero-order chi connectivity index (χ0) is 16.8. The molecular formula is C17H25N3O2S. The predicted octanol–water partition coefficient (Wildman–Crippen LogP) is 3.42. The summed E-state index contributed by atoms with van der Waals surface area (Å²) in [7, 11) is 0. The molecule has 5 nitrogen and oxygen atoms in total. The van der Waals surface area contributed by atoms with Gasteiger partial charge in [-0.25, -0.2) is 0 Å². The largest absolute Gasteiger partial charge is 0.369 e. The van der Waals surface area contributed by atoms with Crippen LogP contribution in [0.25, 0.3) is 0 Å². The Balaban J connectivity index is 1.85. The number of nitrogens with one attached hydrogen (secondary N) is 1. The normalized spacial score (nSPS) is 14.4. The first-order valence-electron chi connectivity index (χ1n) is 8.09. The Hall–Kier alpha value is -1.69. The van der Waals surface area contributed by atoms with Crippen LogP contribution in [-0.2, 0) is 4.79 Å². The molecule has 0 bridgehead atoms. The van der Waals surface area contributed by atoms with Crippen molar-refractivity contribution < 1.29 is 9.59 Å². The first kappa shape index (κ1) is 17.7. The van der Waals surface area contributed by atoms with Gasteiger partial charge in [0.2, 0.25) is 5.91 Å². The minimum absolute atomic E-state index is 0.0568. The Morgan fingerprint density at radius 1 is 1.35 bits per heavy atom. The van der Waals surface area contributed by atoms with Gasteiger partial charge < -0.3 is 15.1 Å². The summed E-state index contributed by atoms with van der Waals surface area (Å²) in [5.41, 5.74) is 1.95. The maximum atomic E-state index is 12.0. The summed E-state index contributed by atoms with van der Waals surface area (Å²) in [6, 6.07) is 8.35. The van der Waals surface area contributed by atoms with Crippen molar-refractivity contribution in [1.29, 1.82) is 0 Å². The predicted molar refractivity (Wildman–Crippen MR) is 97.3 cm³/mol. The first-order valence-corrected chi connectivity index (χ1v) is 9.08. The molecule has 126 valence electrons. The average Bonchev–Trinajstić information content (AvgIpc) is 2.92. The Morgan fingerprint density at radius 3 is 2.57 bits per heavy atom. The van der Waals surface area contributed by atoms with Crippen LogP contribution in [0.2, 0.25) is 0 Å². The molecule has 1 aromatic rings. The summed E-state index contributed by atoms with van der Waals surface area (Å²) in [6.07, 6.45) is 0.334. The number of hydrogen-bond acceptors (Lipinski definition) is 4. The van der Waals surface area contributed by atoms with Crippen molar-refractivity contribution in [3.8, 4) is 0 Å². The van der Waals surface area contributed by atoms with E-state index < -0.39 is 0 Å². The van der Waals surface area contributed by atoms with Crippen LogP contribution in [0.3, 0.4) is 0 Å². The van der Waals surface area contributed by atoms with E-state index in [0.29, 0.717) is 19.0 Å². The van der Waals surface area contributed by atoms with Crippen LogP contribution in [0.4, 0.5) is 16.2 Å². The average molecular weight is 335 g/mol. The molecule has 0 atom stereocenters. The Kier molecular flexibility index (Phi) is 6.33. The molecule has 1 aliphatic rings. The minimum Gasteiger partial charge on any atom is -0.369 e. The van der Waals surface area contributed by atoms with E-state index in [1.165, 1.54) is 11.8 Å². The molecule has 1 aromatic carbocycles. The topological polar surface area (TPSA) is 52.7 Å². The smallest absolute Gasteiger partial charge is 0.281 e. The highest BCUT2D eigenvalue weighted by molar-refractivity contribution is 8.13. The molecule has 0 radical (unpaired) electrons. The molecule has 0 aromatic heterocycles. The monoisotopic (exact) mass is 335 g/mol. The maximum absolute atomic E-state index is 12.0. The van der Waals surface area contributed by atoms with Crippen LogP contribution in [0.5, 0.6) is 0 Å². The fourth-order valence-electron chi connectivity index (χ4n) is 2.67. The molecule has 1 fully saturated rings. The second kappa shape index (κ2) is 8.24. The third-order valence-corrected chi connectivity index (χ3v) is 4.79. The number of hydrogen-bond donors (Lipinski definition) is 1. The van der Waals surface area contributed by atoms with E-state index in [-0.39, 0.29) is 11.1 Å². The molecule has 0 aliphatic carbocycles. The van der Waals surface area contributed by atoms with Gasteiger partial charge in [0.1, 0.15) is 0 Å². The van der Waals surface area contributed by atoms with E-state index in [0.717, 1.165) is 30.2 Å². The summed E-state index contributed by atoms with van der Waals surface area (Å²) in [4.78, 5) is 27.5. The number of anilines is 2. The SMILES string of the molecule is CCN(c1ccc(NC(=O)CCN2CCSC2=O)cc1)C(C)C. The number of nitrogens with zero attached hydrogens (tertiary/aromatic N) is 2. The van der Waals surface area contributed by atoms with Gasteiger partial charge in [0.25, 0.3) is 5.24 Å². The number of carbonyl (C=O) groups excluding carboxylic acids is 2. The molecule has 6 heteroatoms. The van der Waals surface area contributed by atoms with Crippen molar-refractivity contribution in [3.05, 3.63) is 24.3 Å². The van der Waals surface area contributed by atoms with Gasteiger partial charge in [-0.15, -0.1) is 0 Å². The van der Waals surface area contributed by atoms with Crippen LogP contribution in [0, 0.1) is 0 Å². The Morgan fingerprint density at radius 2 is 2.04 bits per heavy atom. The second-order valence-corrected chi connectivity index (χ2v) is 6.87. The fourth-order valence-corrected chi connectivity index (χ4v) is 3.52. The molecule has 0 saturated carbocycles. The van der Waals surface area contributed by atoms with Crippen LogP contribution in [0.1, 0.15) is 27.2 Å². The third kappa shape index (κ3) is 4.89. The zero-order valence-electron chi connectivity index (χ0n) is 14.0. The van der Waals surface area contributed by atoms with Crippen LogP contribution in [-0.4, -0.2) is 47.5 Å². The van der Waals surface area contributed by atoms with E-state index in [9.17, 15) is 9.59 Å². The molecule has 1 saturated heterocycles. The van der Waals surface area contributed by atoms with E-state index in [4.69, 9.17) is 0 Å². The zero-order valence-corrected chi connectivity index (χ0v) is 14.9. The Bertz CT molecular complexity index is 545. The van der Waals surface area contributed by atoms with Gasteiger partial charge in [-0.3, -0.25) is 9.59 Å². The highest BCUT2D eigenvalue weighted by Gasteiger charge is 2.21. The number of amides is 2. The summed E-state index contributed by atoms with van der Waals surface area (Å²) in [6.45, 7) is 8.65. The van der Waals surface area contributed by atoms with E-state index in [1.807, 2.05) is 24.3 Å².